The van der Waals surface area contributed by atoms with E-state index in [0.29, 0.717) is 35.5 Å². The Bertz CT molecular complexity index is 1220. The van der Waals surface area contributed by atoms with Crippen molar-refractivity contribution in [3.8, 4) is 11.5 Å². The molecule has 1 unspecified atom stereocenters. The van der Waals surface area contributed by atoms with Gasteiger partial charge in [-0.25, -0.2) is 4.39 Å². The van der Waals surface area contributed by atoms with Gasteiger partial charge in [0.2, 0.25) is 0 Å². The molecule has 2 aromatic carbocycles. The van der Waals surface area contributed by atoms with E-state index < -0.39 is 5.82 Å². The summed E-state index contributed by atoms with van der Waals surface area (Å²) in [7, 11) is 1.61. The molecule has 35 heavy (non-hydrogen) atoms. The van der Waals surface area contributed by atoms with E-state index >= 15 is 4.39 Å². The lowest BCUT2D eigenvalue weighted by molar-refractivity contribution is 0.331. The van der Waals surface area contributed by atoms with Gasteiger partial charge in [0, 0.05) is 29.9 Å². The number of ether oxygens (including phenoxy) is 2. The molecule has 0 saturated heterocycles. The summed E-state index contributed by atoms with van der Waals surface area (Å²) >= 11 is 0. The number of rotatable bonds is 9. The lowest BCUT2D eigenvalue weighted by Gasteiger charge is -2.24. The third kappa shape index (κ3) is 5.39. The summed E-state index contributed by atoms with van der Waals surface area (Å²) in [5, 5.41) is 3.53. The van der Waals surface area contributed by atoms with Gasteiger partial charge in [-0.3, -0.25) is 4.79 Å². The van der Waals surface area contributed by atoms with Crippen LogP contribution in [-0.4, -0.2) is 24.8 Å². The van der Waals surface area contributed by atoms with Crippen LogP contribution in [0.15, 0.2) is 35.3 Å². The minimum atomic E-state index is -0.549. The van der Waals surface area contributed by atoms with Gasteiger partial charge >= 0.3 is 0 Å². The highest BCUT2D eigenvalue weighted by Gasteiger charge is 2.33. The Morgan fingerprint density at radius 3 is 2.40 bits per heavy atom. The fraction of sp³-hybridized carbons (Fsp3) is 0.464. The first-order valence-electron chi connectivity index (χ1n) is 12.5. The number of methoxy groups -OCH3 is 1. The normalized spacial score (nSPS) is 13.7. The molecule has 0 bridgehead atoms. The molecule has 3 N–H and O–H groups in total. The van der Waals surface area contributed by atoms with E-state index in [1.165, 1.54) is 0 Å². The second-order valence-corrected chi connectivity index (χ2v) is 8.77. The van der Waals surface area contributed by atoms with Gasteiger partial charge < -0.3 is 25.1 Å². The number of nitrogens with zero attached hydrogens (tertiary/aromatic N) is 1. The molecule has 0 radical (unpaired) electrons. The van der Waals surface area contributed by atoms with Crippen LogP contribution in [0.4, 0.5) is 15.8 Å². The van der Waals surface area contributed by atoms with Crippen LogP contribution in [0.25, 0.3) is 10.9 Å². The van der Waals surface area contributed by atoms with Gasteiger partial charge in [-0.15, -0.1) is 0 Å². The zero-order valence-electron chi connectivity index (χ0n) is 21.7. The first kappa shape index (κ1) is 26.4. The molecule has 1 fully saturated rings. The number of anilines is 2. The zero-order chi connectivity index (χ0) is 25.7. The third-order valence-electron chi connectivity index (χ3n) is 6.45. The van der Waals surface area contributed by atoms with Gasteiger partial charge in [-0.05, 0) is 63.3 Å². The largest absolute Gasteiger partial charge is 0.497 e. The van der Waals surface area contributed by atoms with Crippen LogP contribution in [0.1, 0.15) is 70.0 Å². The van der Waals surface area contributed by atoms with E-state index in [1.807, 2.05) is 44.3 Å². The van der Waals surface area contributed by atoms with Crippen molar-refractivity contribution >= 4 is 22.3 Å². The highest BCUT2D eigenvalue weighted by Crippen LogP contribution is 2.49. The number of halogens is 1. The Morgan fingerprint density at radius 2 is 1.83 bits per heavy atom. The van der Waals surface area contributed by atoms with Gasteiger partial charge in [0.25, 0.3) is 0 Å². The number of nitrogens with one attached hydrogen (secondary N) is 1. The molecule has 1 atom stereocenters. The summed E-state index contributed by atoms with van der Waals surface area (Å²) in [5.41, 5.74) is 8.55. The predicted molar refractivity (Wildman–Crippen MR) is 143 cm³/mol. The minimum Gasteiger partial charge on any atom is -0.497 e. The van der Waals surface area contributed by atoms with Crippen LogP contribution in [-0.2, 0) is 0 Å². The number of aromatic nitrogens is 1. The summed E-state index contributed by atoms with van der Waals surface area (Å²) in [6, 6.07) is 7.47. The summed E-state index contributed by atoms with van der Waals surface area (Å²) in [5.74, 6) is 1.13. The van der Waals surface area contributed by atoms with Crippen molar-refractivity contribution in [2.24, 2.45) is 0 Å². The number of nitrogen functional groups attached to an aromatic ring is 1. The molecule has 1 heterocycles. The Labute approximate surface area is 207 Å². The standard InChI is InChI=1S/C26H32FN3O3.C2H6/c1-5-16(3)30-14-15(2)26(31)21-23(28)22(27)24(20(25(21)30)17-6-7-17)29-12-13-33-19-10-8-18(32-4)9-11-19;1-2/h8-11,14,16-17,29H,5-7,12-13,28H2,1-4H3;1-2H3. The zero-order valence-corrected chi connectivity index (χ0v) is 21.7. The maximum absolute atomic E-state index is 15.5. The molecule has 7 heteroatoms. The first-order valence-corrected chi connectivity index (χ1v) is 12.5. The average molecular weight is 484 g/mol. The number of fused-ring (bicyclic) bond motifs is 1. The topological polar surface area (TPSA) is 78.5 Å². The number of nitrogens with two attached hydrogens (primary N) is 1. The maximum atomic E-state index is 15.5. The quantitative estimate of drug-likeness (QED) is 0.272. The Kier molecular flexibility index (Phi) is 8.65. The van der Waals surface area contributed by atoms with E-state index in [2.05, 4.69) is 23.7 Å². The van der Waals surface area contributed by atoms with Crippen LogP contribution in [0.3, 0.4) is 0 Å². The molecule has 1 aliphatic rings. The van der Waals surface area contributed by atoms with Crippen molar-refractivity contribution in [2.75, 3.05) is 31.3 Å². The van der Waals surface area contributed by atoms with E-state index in [4.69, 9.17) is 15.2 Å². The van der Waals surface area contributed by atoms with E-state index in [-0.39, 0.29) is 23.1 Å². The highest BCUT2D eigenvalue weighted by molar-refractivity contribution is 5.98. The van der Waals surface area contributed by atoms with Gasteiger partial charge in [0.1, 0.15) is 18.1 Å². The molecule has 6 nitrogen and oxygen atoms in total. The van der Waals surface area contributed by atoms with Gasteiger partial charge in [-0.2, -0.15) is 0 Å². The summed E-state index contributed by atoms with van der Waals surface area (Å²) in [6.07, 6.45) is 4.71. The average Bonchev–Trinajstić information content (AvgIpc) is 3.72. The fourth-order valence-corrected chi connectivity index (χ4v) is 4.27. The first-order chi connectivity index (χ1) is 16.9. The number of hydrogen-bond acceptors (Lipinski definition) is 5. The summed E-state index contributed by atoms with van der Waals surface area (Å²) in [4.78, 5) is 13.0. The molecular formula is C28H38FN3O3. The molecule has 0 amide bonds. The summed E-state index contributed by atoms with van der Waals surface area (Å²) < 4.78 is 28.6. The number of hydrogen-bond donors (Lipinski definition) is 2. The molecule has 0 spiro atoms. The smallest absolute Gasteiger partial charge is 0.194 e. The van der Waals surface area contributed by atoms with Crippen molar-refractivity contribution in [3.05, 3.63) is 57.6 Å². The van der Waals surface area contributed by atoms with Crippen LogP contribution in [0.2, 0.25) is 0 Å². The van der Waals surface area contributed by atoms with E-state index in [0.717, 1.165) is 36.1 Å². The van der Waals surface area contributed by atoms with Crippen LogP contribution in [0, 0.1) is 12.7 Å². The maximum Gasteiger partial charge on any atom is 0.194 e. The van der Waals surface area contributed by atoms with Gasteiger partial charge in [-0.1, -0.05) is 20.8 Å². The monoisotopic (exact) mass is 483 g/mol. The Balaban J connectivity index is 0.00000167. The van der Waals surface area contributed by atoms with Crippen LogP contribution < -0.4 is 26.0 Å². The molecule has 1 aliphatic carbocycles. The molecular weight excluding hydrogens is 445 g/mol. The molecule has 1 aromatic heterocycles. The Hall–Kier alpha value is -3.22. The second-order valence-electron chi connectivity index (χ2n) is 8.77. The molecule has 3 aromatic rings. The third-order valence-corrected chi connectivity index (χ3v) is 6.45. The van der Waals surface area contributed by atoms with Crippen LogP contribution in [0.5, 0.6) is 11.5 Å². The van der Waals surface area contributed by atoms with E-state index in [9.17, 15) is 4.79 Å². The van der Waals surface area contributed by atoms with Crippen molar-refractivity contribution < 1.29 is 13.9 Å². The Morgan fingerprint density at radius 1 is 1.20 bits per heavy atom. The SMILES string of the molecule is CC.CCC(C)n1cc(C)c(=O)c2c(N)c(F)c(NCCOc3ccc(OC)cc3)c(C3CC3)c21. The lowest BCUT2D eigenvalue weighted by Crippen LogP contribution is -2.21. The van der Waals surface area contributed by atoms with Crippen molar-refractivity contribution in [3.63, 3.8) is 0 Å². The van der Waals surface area contributed by atoms with Crippen molar-refractivity contribution in [1.29, 1.82) is 0 Å². The molecule has 0 aliphatic heterocycles. The van der Waals surface area contributed by atoms with Crippen molar-refractivity contribution in [1.82, 2.24) is 4.57 Å². The predicted octanol–water partition coefficient (Wildman–Crippen LogP) is 6.41. The minimum absolute atomic E-state index is 0.0845. The molecule has 190 valence electrons. The van der Waals surface area contributed by atoms with E-state index in [1.54, 1.807) is 14.0 Å². The van der Waals surface area contributed by atoms with Gasteiger partial charge in [0.15, 0.2) is 11.2 Å². The van der Waals surface area contributed by atoms with Gasteiger partial charge in [0.05, 0.1) is 29.4 Å². The van der Waals surface area contributed by atoms with Crippen LogP contribution >= 0.6 is 0 Å². The molecule has 1 saturated carbocycles. The number of aryl methyl sites for hydroxylation is 1. The highest BCUT2D eigenvalue weighted by atomic mass is 19.1. The van der Waals surface area contributed by atoms with Crippen molar-refractivity contribution in [2.45, 2.75) is 65.8 Å². The number of benzene rings is 2. The molecule has 4 rings (SSSR count). The fourth-order valence-electron chi connectivity index (χ4n) is 4.27. The lowest BCUT2D eigenvalue weighted by atomic mass is 9.98. The second kappa shape index (κ2) is 11.5. The summed E-state index contributed by atoms with van der Waals surface area (Å²) in [6.45, 7) is 10.7. The number of pyridine rings is 1.